The van der Waals surface area contributed by atoms with Crippen LogP contribution in [0.1, 0.15) is 29.7 Å². The molecule has 0 atom stereocenters. The van der Waals surface area contributed by atoms with E-state index in [-0.39, 0.29) is 0 Å². The van der Waals surface area contributed by atoms with Gasteiger partial charge in [-0.2, -0.15) is 9.50 Å². The highest BCUT2D eigenvalue weighted by atomic mass is 35.5. The zero-order valence-corrected chi connectivity index (χ0v) is 12.8. The summed E-state index contributed by atoms with van der Waals surface area (Å²) in [4.78, 5) is 9.06. The molecule has 1 aliphatic carbocycles. The molecule has 1 N–H and O–H groups in total. The molecule has 112 valence electrons. The molecule has 0 bridgehead atoms. The van der Waals surface area contributed by atoms with Crippen molar-refractivity contribution in [3.8, 4) is 0 Å². The van der Waals surface area contributed by atoms with Gasteiger partial charge >= 0.3 is 0 Å². The molecular weight excluding hydrogens is 298 g/mol. The molecule has 4 rings (SSSR count). The molecule has 1 aromatic carbocycles. The maximum atomic E-state index is 6.48. The lowest BCUT2D eigenvalue weighted by Crippen LogP contribution is -2.10. The lowest BCUT2D eigenvalue weighted by molar-refractivity contribution is 0.659. The highest BCUT2D eigenvalue weighted by Crippen LogP contribution is 2.27. The lowest BCUT2D eigenvalue weighted by atomic mass is 9.97. The Morgan fingerprint density at radius 3 is 2.77 bits per heavy atom. The van der Waals surface area contributed by atoms with Gasteiger partial charge in [-0.3, -0.25) is 0 Å². The number of nitrogens with one attached hydrogen (secondary N) is 1. The van der Waals surface area contributed by atoms with Crippen LogP contribution in [0.15, 0.2) is 30.3 Å². The molecule has 0 fully saturated rings. The fourth-order valence-corrected chi connectivity index (χ4v) is 3.16. The van der Waals surface area contributed by atoms with Gasteiger partial charge in [0.1, 0.15) is 5.15 Å². The van der Waals surface area contributed by atoms with Gasteiger partial charge in [-0.15, -0.1) is 5.10 Å². The summed E-state index contributed by atoms with van der Waals surface area (Å²) in [5.41, 5.74) is 3.38. The van der Waals surface area contributed by atoms with Crippen molar-refractivity contribution in [3.63, 3.8) is 0 Å². The first kappa shape index (κ1) is 13.5. The van der Waals surface area contributed by atoms with Crippen LogP contribution in [0.25, 0.3) is 5.78 Å². The second-order valence-corrected chi connectivity index (χ2v) is 5.88. The Balaban J connectivity index is 1.64. The monoisotopic (exact) mass is 313 g/mol. The molecule has 0 spiro atoms. The summed E-state index contributed by atoms with van der Waals surface area (Å²) in [5, 5.41) is 8.31. The second-order valence-electron chi connectivity index (χ2n) is 5.52. The number of fused-ring (bicyclic) bond motifs is 2. The van der Waals surface area contributed by atoms with Crippen LogP contribution in [0.5, 0.6) is 0 Å². The van der Waals surface area contributed by atoms with Crippen LogP contribution >= 0.6 is 11.6 Å². The molecule has 3 aromatic rings. The van der Waals surface area contributed by atoms with Gasteiger partial charge in [0.15, 0.2) is 0 Å². The normalized spacial score (nSPS) is 14.0. The SMILES string of the molecule is Clc1c2c(nc3nc(NCc4ccccc4)nn13)CCCC2. The summed E-state index contributed by atoms with van der Waals surface area (Å²) in [6, 6.07) is 10.2. The molecule has 0 aliphatic heterocycles. The number of halogens is 1. The van der Waals surface area contributed by atoms with Gasteiger partial charge in [0, 0.05) is 12.1 Å². The average Bonchev–Trinajstić information content (AvgIpc) is 2.97. The van der Waals surface area contributed by atoms with Gasteiger partial charge in [0.25, 0.3) is 5.78 Å². The Morgan fingerprint density at radius 1 is 1.09 bits per heavy atom. The van der Waals surface area contributed by atoms with Crippen molar-refractivity contribution in [1.82, 2.24) is 19.6 Å². The van der Waals surface area contributed by atoms with Gasteiger partial charge in [0.2, 0.25) is 5.95 Å². The van der Waals surface area contributed by atoms with E-state index in [4.69, 9.17) is 11.6 Å². The van der Waals surface area contributed by atoms with Crippen molar-refractivity contribution in [3.05, 3.63) is 52.3 Å². The number of anilines is 1. The number of aromatic nitrogens is 4. The van der Waals surface area contributed by atoms with Crippen LogP contribution in [0.3, 0.4) is 0 Å². The lowest BCUT2D eigenvalue weighted by Gasteiger charge is -2.15. The predicted octanol–water partition coefficient (Wildman–Crippen LogP) is 3.27. The number of aryl methyl sites for hydroxylation is 1. The predicted molar refractivity (Wildman–Crippen MR) is 86.2 cm³/mol. The van der Waals surface area contributed by atoms with Gasteiger partial charge in [-0.25, -0.2) is 4.98 Å². The van der Waals surface area contributed by atoms with Crippen molar-refractivity contribution in [2.45, 2.75) is 32.2 Å². The van der Waals surface area contributed by atoms with Gasteiger partial charge in [-0.05, 0) is 31.2 Å². The van der Waals surface area contributed by atoms with Crippen molar-refractivity contribution in [2.75, 3.05) is 5.32 Å². The smallest absolute Gasteiger partial charge is 0.255 e. The zero-order valence-electron chi connectivity index (χ0n) is 12.1. The van der Waals surface area contributed by atoms with E-state index >= 15 is 0 Å². The highest BCUT2D eigenvalue weighted by Gasteiger charge is 2.19. The van der Waals surface area contributed by atoms with E-state index in [1.54, 1.807) is 4.52 Å². The third-order valence-electron chi connectivity index (χ3n) is 3.99. The molecule has 2 aromatic heterocycles. The van der Waals surface area contributed by atoms with E-state index in [2.05, 4.69) is 32.5 Å². The maximum absolute atomic E-state index is 6.48. The van der Waals surface area contributed by atoms with Crippen LogP contribution in [0.2, 0.25) is 5.15 Å². The van der Waals surface area contributed by atoms with Crippen LogP contribution in [0.4, 0.5) is 5.95 Å². The summed E-state index contributed by atoms with van der Waals surface area (Å²) >= 11 is 6.48. The third-order valence-corrected chi connectivity index (χ3v) is 4.38. The number of rotatable bonds is 3. The Bertz CT molecular complexity index is 812. The molecule has 0 amide bonds. The van der Waals surface area contributed by atoms with Gasteiger partial charge in [-0.1, -0.05) is 41.9 Å². The van der Waals surface area contributed by atoms with Crippen molar-refractivity contribution in [2.24, 2.45) is 0 Å². The number of nitrogens with zero attached hydrogens (tertiary/aromatic N) is 4. The molecule has 0 saturated heterocycles. The topological polar surface area (TPSA) is 55.1 Å². The van der Waals surface area contributed by atoms with E-state index in [1.807, 2.05) is 18.2 Å². The molecule has 0 radical (unpaired) electrons. The van der Waals surface area contributed by atoms with E-state index in [0.29, 0.717) is 23.4 Å². The molecule has 5 nitrogen and oxygen atoms in total. The minimum atomic E-state index is 0.556. The van der Waals surface area contributed by atoms with Crippen LogP contribution in [-0.4, -0.2) is 19.6 Å². The Labute approximate surface area is 133 Å². The summed E-state index contributed by atoms with van der Waals surface area (Å²) in [6.07, 6.45) is 4.28. The molecule has 6 heteroatoms. The first-order valence-corrected chi connectivity index (χ1v) is 7.91. The molecule has 2 heterocycles. The van der Waals surface area contributed by atoms with Gasteiger partial charge in [0.05, 0.1) is 5.69 Å². The van der Waals surface area contributed by atoms with Crippen molar-refractivity contribution >= 4 is 23.3 Å². The number of hydrogen-bond donors (Lipinski definition) is 1. The van der Waals surface area contributed by atoms with Crippen LogP contribution in [-0.2, 0) is 19.4 Å². The van der Waals surface area contributed by atoms with E-state index in [1.165, 1.54) is 12.0 Å². The summed E-state index contributed by atoms with van der Waals surface area (Å²) in [7, 11) is 0. The first-order valence-electron chi connectivity index (χ1n) is 7.53. The molecule has 0 saturated carbocycles. The van der Waals surface area contributed by atoms with E-state index in [9.17, 15) is 0 Å². The van der Waals surface area contributed by atoms with Crippen molar-refractivity contribution in [1.29, 1.82) is 0 Å². The number of benzene rings is 1. The van der Waals surface area contributed by atoms with E-state index < -0.39 is 0 Å². The largest absolute Gasteiger partial charge is 0.349 e. The second kappa shape index (κ2) is 5.57. The molecular formula is C16H16ClN5. The fourth-order valence-electron chi connectivity index (χ4n) is 2.84. The van der Waals surface area contributed by atoms with E-state index in [0.717, 1.165) is 30.5 Å². The Hall–Kier alpha value is -2.14. The van der Waals surface area contributed by atoms with Crippen molar-refractivity contribution < 1.29 is 0 Å². The Kier molecular flexibility index (Phi) is 3.42. The fraction of sp³-hybridized carbons (Fsp3) is 0.312. The van der Waals surface area contributed by atoms with Gasteiger partial charge < -0.3 is 5.32 Å². The van der Waals surface area contributed by atoms with Crippen LogP contribution < -0.4 is 5.32 Å². The molecule has 1 aliphatic rings. The summed E-state index contributed by atoms with van der Waals surface area (Å²) < 4.78 is 1.64. The molecule has 0 unspecified atom stereocenters. The first-order chi connectivity index (χ1) is 10.8. The maximum Gasteiger partial charge on any atom is 0.255 e. The number of hydrogen-bond acceptors (Lipinski definition) is 4. The van der Waals surface area contributed by atoms with Crippen LogP contribution in [0, 0.1) is 0 Å². The highest BCUT2D eigenvalue weighted by molar-refractivity contribution is 6.30. The quantitative estimate of drug-likeness (QED) is 0.754. The average molecular weight is 314 g/mol. The standard InChI is InChI=1S/C16H16ClN5/c17-14-12-8-4-5-9-13(12)19-16-20-15(21-22(14)16)18-10-11-6-2-1-3-7-11/h1-3,6-7H,4-5,8-10H2,(H,18,21). The zero-order chi connectivity index (χ0) is 14.9. The molecule has 22 heavy (non-hydrogen) atoms. The summed E-state index contributed by atoms with van der Waals surface area (Å²) in [6.45, 7) is 0.676. The Morgan fingerprint density at radius 2 is 1.91 bits per heavy atom. The third kappa shape index (κ3) is 2.41. The minimum absolute atomic E-state index is 0.556. The minimum Gasteiger partial charge on any atom is -0.349 e. The summed E-state index contributed by atoms with van der Waals surface area (Å²) in [5.74, 6) is 1.13.